The molecular weight excluding hydrogens is 322 g/mol. The average molecular weight is 341 g/mol. The first-order valence-corrected chi connectivity index (χ1v) is 8.14. The van der Waals surface area contributed by atoms with E-state index < -0.39 is 12.7 Å². The summed E-state index contributed by atoms with van der Waals surface area (Å²) in [6.07, 6.45) is 1.90. The van der Waals surface area contributed by atoms with Crippen LogP contribution in [0, 0.1) is 0 Å². The van der Waals surface area contributed by atoms with Crippen LogP contribution in [0.2, 0.25) is 5.02 Å². The van der Waals surface area contributed by atoms with E-state index in [2.05, 4.69) is 6.58 Å². The second-order valence-corrected chi connectivity index (χ2v) is 6.85. The third-order valence-corrected chi connectivity index (χ3v) is 4.64. The molecule has 0 radical (unpaired) electrons. The van der Waals surface area contributed by atoms with Gasteiger partial charge in [0.2, 0.25) is 0 Å². The lowest BCUT2D eigenvalue weighted by molar-refractivity contribution is 0.0991. The molecule has 0 fully saturated rings. The van der Waals surface area contributed by atoms with Crippen molar-refractivity contribution in [3.63, 3.8) is 0 Å². The molecular formula is C19H18BClO3. The Labute approximate surface area is 147 Å². The number of halogens is 1. The summed E-state index contributed by atoms with van der Waals surface area (Å²) in [6.45, 7) is 7.51. The Balaban J connectivity index is 1.86. The van der Waals surface area contributed by atoms with Crippen LogP contribution in [0.25, 0.3) is 6.08 Å². The van der Waals surface area contributed by atoms with Crippen LogP contribution in [0.15, 0.2) is 43.0 Å². The van der Waals surface area contributed by atoms with Gasteiger partial charge in [-0.2, -0.15) is 0 Å². The highest BCUT2D eigenvalue weighted by atomic mass is 35.5. The van der Waals surface area contributed by atoms with Gasteiger partial charge < -0.3 is 9.68 Å². The van der Waals surface area contributed by atoms with Gasteiger partial charge >= 0.3 is 7.12 Å². The minimum absolute atomic E-state index is 0.0665. The Morgan fingerprint density at radius 2 is 2.08 bits per heavy atom. The first-order valence-electron chi connectivity index (χ1n) is 7.76. The van der Waals surface area contributed by atoms with E-state index in [4.69, 9.17) is 16.3 Å². The molecule has 0 atom stereocenters. The van der Waals surface area contributed by atoms with Crippen molar-refractivity contribution in [1.82, 2.24) is 0 Å². The number of rotatable bonds is 4. The summed E-state index contributed by atoms with van der Waals surface area (Å²) < 4.78 is 5.55. The fourth-order valence-corrected chi connectivity index (χ4v) is 3.34. The van der Waals surface area contributed by atoms with Crippen molar-refractivity contribution < 1.29 is 14.5 Å². The smallest absolute Gasteiger partial charge is 0.423 e. The fourth-order valence-electron chi connectivity index (χ4n) is 3.05. The second-order valence-electron chi connectivity index (χ2n) is 6.45. The maximum atomic E-state index is 12.5. The average Bonchev–Trinajstić information content (AvgIpc) is 2.76. The van der Waals surface area contributed by atoms with E-state index in [9.17, 15) is 9.82 Å². The van der Waals surface area contributed by atoms with Gasteiger partial charge in [0.25, 0.3) is 0 Å². The normalized spacial score (nSPS) is 15.2. The topological polar surface area (TPSA) is 46.5 Å². The molecule has 1 aliphatic heterocycles. The maximum Gasteiger partial charge on any atom is 0.492 e. The molecule has 24 heavy (non-hydrogen) atoms. The molecule has 2 aromatic carbocycles. The second kappa shape index (κ2) is 6.21. The molecule has 0 unspecified atom stereocenters. The zero-order valence-electron chi connectivity index (χ0n) is 13.7. The van der Waals surface area contributed by atoms with Crippen LogP contribution in [0.1, 0.15) is 40.9 Å². The lowest BCUT2D eigenvalue weighted by Gasteiger charge is -2.19. The van der Waals surface area contributed by atoms with E-state index in [0.29, 0.717) is 10.6 Å². The number of hydrogen-bond donors (Lipinski definition) is 1. The summed E-state index contributed by atoms with van der Waals surface area (Å²) in [6, 6.07) is 10.9. The number of carbonyl (C=O) groups is 1. The van der Waals surface area contributed by atoms with Crippen LogP contribution in [0.5, 0.6) is 0 Å². The minimum atomic E-state index is -0.958. The van der Waals surface area contributed by atoms with Crippen molar-refractivity contribution in [3.05, 3.63) is 70.3 Å². The molecule has 1 heterocycles. The van der Waals surface area contributed by atoms with Crippen molar-refractivity contribution in [2.45, 2.75) is 25.9 Å². The van der Waals surface area contributed by atoms with Crippen LogP contribution in [-0.4, -0.2) is 17.9 Å². The molecule has 0 bridgehead atoms. The minimum Gasteiger partial charge on any atom is -0.423 e. The van der Waals surface area contributed by atoms with Gasteiger partial charge in [0, 0.05) is 12.0 Å². The van der Waals surface area contributed by atoms with Crippen molar-refractivity contribution in [3.8, 4) is 0 Å². The summed E-state index contributed by atoms with van der Waals surface area (Å²) in [5.74, 6) is -0.0665. The largest absolute Gasteiger partial charge is 0.492 e. The maximum absolute atomic E-state index is 12.5. The molecule has 1 N–H and O–H groups in total. The first-order chi connectivity index (χ1) is 11.3. The quantitative estimate of drug-likeness (QED) is 0.686. The van der Waals surface area contributed by atoms with Gasteiger partial charge in [-0.25, -0.2) is 0 Å². The van der Waals surface area contributed by atoms with E-state index in [1.54, 1.807) is 18.2 Å². The first kappa shape index (κ1) is 17.0. The van der Waals surface area contributed by atoms with Crippen LogP contribution in [0.4, 0.5) is 0 Å². The van der Waals surface area contributed by atoms with E-state index in [1.807, 2.05) is 38.1 Å². The highest BCUT2D eigenvalue weighted by molar-refractivity contribution is 6.62. The van der Waals surface area contributed by atoms with Crippen molar-refractivity contribution in [1.29, 1.82) is 0 Å². The monoisotopic (exact) mass is 340 g/mol. The molecule has 3 nitrogen and oxygen atoms in total. The van der Waals surface area contributed by atoms with Gasteiger partial charge in [0.15, 0.2) is 5.78 Å². The molecule has 0 saturated heterocycles. The van der Waals surface area contributed by atoms with E-state index >= 15 is 0 Å². The highest BCUT2D eigenvalue weighted by Gasteiger charge is 2.40. The van der Waals surface area contributed by atoms with E-state index in [0.717, 1.165) is 22.2 Å². The number of carbonyl (C=O) groups excluding carboxylic acids is 1. The Morgan fingerprint density at radius 3 is 2.75 bits per heavy atom. The number of Topliss-reactive ketones (excluding diaryl/α,β-unsaturated/α-hetero) is 1. The van der Waals surface area contributed by atoms with Gasteiger partial charge in [0.05, 0.1) is 10.6 Å². The summed E-state index contributed by atoms with van der Waals surface area (Å²) in [5.41, 5.74) is 3.32. The zero-order valence-corrected chi connectivity index (χ0v) is 14.4. The molecule has 2 aromatic rings. The molecule has 0 saturated carbocycles. The fraction of sp³-hybridized carbons (Fsp3) is 0.211. The highest BCUT2D eigenvalue weighted by Crippen LogP contribution is 2.30. The van der Waals surface area contributed by atoms with Crippen LogP contribution < -0.4 is 5.46 Å². The molecule has 3 rings (SSSR count). The van der Waals surface area contributed by atoms with Gasteiger partial charge in [0.1, 0.15) is 0 Å². The Kier molecular flexibility index (Phi) is 4.39. The molecule has 0 aliphatic carbocycles. The molecule has 0 spiro atoms. The Hall–Kier alpha value is -1.88. The van der Waals surface area contributed by atoms with Crippen LogP contribution in [-0.2, 0) is 16.7 Å². The van der Waals surface area contributed by atoms with Crippen molar-refractivity contribution >= 4 is 36.0 Å². The third-order valence-electron chi connectivity index (χ3n) is 4.33. The molecule has 5 heteroatoms. The van der Waals surface area contributed by atoms with Crippen LogP contribution in [0.3, 0.4) is 0 Å². The number of fused-ring (bicyclic) bond motifs is 1. The number of hydrogen-bond acceptors (Lipinski definition) is 3. The zero-order chi connectivity index (χ0) is 17.5. The molecule has 122 valence electrons. The van der Waals surface area contributed by atoms with Gasteiger partial charge in [-0.05, 0) is 48.1 Å². The van der Waals surface area contributed by atoms with Gasteiger partial charge in [-0.15, -0.1) is 0 Å². The standard InChI is InChI=1S/C19H18BClO3/c1-4-12-5-7-14(17(21)10-12)18(22)11-13-6-8-15-16(9-13)20(23)24-19(15,2)3/h4-10,23H,1,11H2,2-3H3. The van der Waals surface area contributed by atoms with Crippen LogP contribution >= 0.6 is 11.6 Å². The lowest BCUT2D eigenvalue weighted by Crippen LogP contribution is -2.29. The summed E-state index contributed by atoms with van der Waals surface area (Å²) in [4.78, 5) is 12.5. The third kappa shape index (κ3) is 3.05. The Morgan fingerprint density at radius 1 is 1.33 bits per heavy atom. The molecule has 0 amide bonds. The molecule has 1 aliphatic rings. The molecule has 0 aromatic heterocycles. The van der Waals surface area contributed by atoms with Gasteiger partial charge in [-0.1, -0.05) is 48.5 Å². The predicted molar refractivity (Wildman–Crippen MR) is 97.7 cm³/mol. The SMILES string of the molecule is C=Cc1ccc(C(=O)Cc2ccc3c(c2)B(O)OC3(C)C)c(Cl)c1. The van der Waals surface area contributed by atoms with E-state index in [1.165, 1.54) is 0 Å². The number of ketones is 1. The predicted octanol–water partition coefficient (Wildman–Crippen LogP) is 3.36. The Bertz CT molecular complexity index is 829. The lowest BCUT2D eigenvalue weighted by atomic mass is 9.77. The van der Waals surface area contributed by atoms with E-state index in [-0.39, 0.29) is 12.2 Å². The van der Waals surface area contributed by atoms with Crippen molar-refractivity contribution in [2.75, 3.05) is 0 Å². The van der Waals surface area contributed by atoms with Crippen molar-refractivity contribution in [2.24, 2.45) is 0 Å². The van der Waals surface area contributed by atoms with Gasteiger partial charge in [-0.3, -0.25) is 4.79 Å². The summed E-state index contributed by atoms with van der Waals surface area (Å²) in [7, 11) is -0.958. The number of benzene rings is 2. The summed E-state index contributed by atoms with van der Waals surface area (Å²) in [5, 5.41) is 10.5. The summed E-state index contributed by atoms with van der Waals surface area (Å²) >= 11 is 6.19.